The van der Waals surface area contributed by atoms with Gasteiger partial charge in [0.05, 0.1) is 0 Å². The van der Waals surface area contributed by atoms with E-state index < -0.39 is 0 Å². The maximum atomic E-state index is 6.30. The molecule has 1 saturated carbocycles. The Labute approximate surface area is 85.5 Å². The summed E-state index contributed by atoms with van der Waals surface area (Å²) in [5.74, 6) is 0. The fourth-order valence-corrected chi connectivity index (χ4v) is 2.15. The normalized spacial score (nSPS) is 19.4. The van der Waals surface area contributed by atoms with Gasteiger partial charge in [0.25, 0.3) is 0 Å². The summed E-state index contributed by atoms with van der Waals surface area (Å²) < 4.78 is 0. The summed E-state index contributed by atoms with van der Waals surface area (Å²) >= 11 is 0. The third-order valence-electron chi connectivity index (χ3n) is 3.75. The van der Waals surface area contributed by atoms with Crippen molar-refractivity contribution >= 4 is 0 Å². The van der Waals surface area contributed by atoms with Crippen molar-refractivity contribution < 1.29 is 0 Å². The van der Waals surface area contributed by atoms with Gasteiger partial charge >= 0.3 is 0 Å². The first-order valence-electron chi connectivity index (χ1n) is 5.17. The second kappa shape index (κ2) is 2.80. The van der Waals surface area contributed by atoms with Gasteiger partial charge in [-0.2, -0.15) is 0 Å². The molecule has 0 bridgehead atoms. The number of rotatable bonds is 2. The predicted octanol–water partition coefficient (Wildman–Crippen LogP) is 2.16. The molecule has 1 aliphatic carbocycles. The summed E-state index contributed by atoms with van der Waals surface area (Å²) in [5.41, 5.74) is 8.93. The average Bonchev–Trinajstić information content (AvgIpc) is 2.86. The number of nitrogens with zero attached hydrogens (tertiary/aromatic N) is 1. The van der Waals surface area contributed by atoms with E-state index in [2.05, 4.69) is 31.8 Å². The lowest BCUT2D eigenvalue weighted by Gasteiger charge is -2.33. The van der Waals surface area contributed by atoms with Crippen molar-refractivity contribution in [3.05, 3.63) is 29.6 Å². The van der Waals surface area contributed by atoms with E-state index in [4.69, 9.17) is 5.73 Å². The molecule has 0 atom stereocenters. The van der Waals surface area contributed by atoms with E-state index in [0.29, 0.717) is 0 Å². The maximum absolute atomic E-state index is 6.30. The molecule has 76 valence electrons. The molecule has 0 aliphatic heterocycles. The fraction of sp³-hybridized carbons (Fsp3) is 0.583. The lowest BCUT2D eigenvalue weighted by Crippen LogP contribution is -2.43. The van der Waals surface area contributed by atoms with Crippen molar-refractivity contribution in [2.45, 2.75) is 44.6 Å². The number of nitrogens with two attached hydrogens (primary N) is 1. The van der Waals surface area contributed by atoms with Crippen molar-refractivity contribution in [2.24, 2.45) is 5.73 Å². The van der Waals surface area contributed by atoms with Gasteiger partial charge in [-0.1, -0.05) is 13.8 Å². The number of pyridine rings is 1. The molecule has 1 heterocycles. The van der Waals surface area contributed by atoms with Crippen LogP contribution in [0.1, 0.15) is 37.8 Å². The Bertz CT molecular complexity index is 351. The fourth-order valence-electron chi connectivity index (χ4n) is 2.15. The van der Waals surface area contributed by atoms with Crippen molar-refractivity contribution in [3.63, 3.8) is 0 Å². The van der Waals surface area contributed by atoms with Gasteiger partial charge in [0.15, 0.2) is 0 Å². The molecule has 0 radical (unpaired) electrons. The molecule has 14 heavy (non-hydrogen) atoms. The summed E-state index contributed by atoms with van der Waals surface area (Å²) in [4.78, 5) is 4.20. The van der Waals surface area contributed by atoms with E-state index in [0.717, 1.165) is 12.8 Å². The number of hydrogen-bond acceptors (Lipinski definition) is 2. The Kier molecular flexibility index (Phi) is 1.93. The van der Waals surface area contributed by atoms with Crippen molar-refractivity contribution in [2.75, 3.05) is 0 Å². The lowest BCUT2D eigenvalue weighted by atomic mass is 9.75. The van der Waals surface area contributed by atoms with Gasteiger partial charge in [-0.05, 0) is 37.0 Å². The van der Waals surface area contributed by atoms with Gasteiger partial charge < -0.3 is 5.73 Å². The Morgan fingerprint density at radius 2 is 2.07 bits per heavy atom. The first kappa shape index (κ1) is 9.66. The van der Waals surface area contributed by atoms with Gasteiger partial charge in [0, 0.05) is 23.3 Å². The minimum atomic E-state index is 0.000787. The molecule has 0 saturated heterocycles. The summed E-state index contributed by atoms with van der Waals surface area (Å²) in [6, 6.07) is 2.06. The van der Waals surface area contributed by atoms with Gasteiger partial charge in [-0.25, -0.2) is 0 Å². The standard InChI is InChI=1S/C12H18N2/c1-9-4-7-14-8-10(9)11(2,3)12(13)5-6-12/h4,7-8H,5-6,13H2,1-3H3. The zero-order chi connectivity index (χ0) is 10.4. The minimum absolute atomic E-state index is 0.000787. The Morgan fingerprint density at radius 1 is 1.43 bits per heavy atom. The number of hydrogen-bond donors (Lipinski definition) is 1. The van der Waals surface area contributed by atoms with Crippen LogP contribution in [0.15, 0.2) is 18.5 Å². The molecular weight excluding hydrogens is 172 g/mol. The largest absolute Gasteiger partial charge is 0.324 e. The molecular formula is C12H18N2. The van der Waals surface area contributed by atoms with Crippen LogP contribution in [0.4, 0.5) is 0 Å². The molecule has 0 unspecified atom stereocenters. The Morgan fingerprint density at radius 3 is 2.57 bits per heavy atom. The molecule has 0 amide bonds. The second-order valence-electron chi connectivity index (χ2n) is 4.97. The lowest BCUT2D eigenvalue weighted by molar-refractivity contribution is 0.388. The smallest absolute Gasteiger partial charge is 0.0308 e. The molecule has 2 rings (SSSR count). The molecule has 2 heteroatoms. The van der Waals surface area contributed by atoms with Crippen LogP contribution in [0, 0.1) is 6.92 Å². The molecule has 1 aliphatic rings. The Balaban J connectivity index is 2.44. The summed E-state index contributed by atoms with van der Waals surface area (Å²) in [7, 11) is 0. The summed E-state index contributed by atoms with van der Waals surface area (Å²) in [6.07, 6.45) is 6.07. The highest BCUT2D eigenvalue weighted by Gasteiger charge is 2.52. The molecule has 2 nitrogen and oxygen atoms in total. The van der Waals surface area contributed by atoms with E-state index in [1.807, 2.05) is 12.4 Å². The van der Waals surface area contributed by atoms with Crippen LogP contribution in [-0.2, 0) is 5.41 Å². The van der Waals surface area contributed by atoms with E-state index in [1.165, 1.54) is 11.1 Å². The molecule has 1 aromatic rings. The number of aryl methyl sites for hydroxylation is 1. The van der Waals surface area contributed by atoms with Gasteiger partial charge in [0.1, 0.15) is 0 Å². The first-order chi connectivity index (χ1) is 6.47. The van der Waals surface area contributed by atoms with Crippen LogP contribution >= 0.6 is 0 Å². The molecule has 0 aromatic carbocycles. The van der Waals surface area contributed by atoms with Gasteiger partial charge in [-0.3, -0.25) is 4.98 Å². The van der Waals surface area contributed by atoms with E-state index >= 15 is 0 Å². The van der Waals surface area contributed by atoms with Crippen LogP contribution < -0.4 is 5.73 Å². The monoisotopic (exact) mass is 190 g/mol. The van der Waals surface area contributed by atoms with Crippen molar-refractivity contribution in [1.82, 2.24) is 4.98 Å². The summed E-state index contributed by atoms with van der Waals surface area (Å²) in [6.45, 7) is 6.58. The second-order valence-corrected chi connectivity index (χ2v) is 4.97. The third kappa shape index (κ3) is 1.25. The Hall–Kier alpha value is -0.890. The van der Waals surface area contributed by atoms with Crippen LogP contribution in [-0.4, -0.2) is 10.5 Å². The summed E-state index contributed by atoms with van der Waals surface area (Å²) in [5, 5.41) is 0. The zero-order valence-electron chi connectivity index (χ0n) is 9.17. The van der Waals surface area contributed by atoms with Crippen LogP contribution in [0.25, 0.3) is 0 Å². The van der Waals surface area contributed by atoms with E-state index in [1.54, 1.807) is 0 Å². The van der Waals surface area contributed by atoms with Crippen molar-refractivity contribution in [3.8, 4) is 0 Å². The zero-order valence-corrected chi connectivity index (χ0v) is 9.17. The maximum Gasteiger partial charge on any atom is 0.0308 e. The minimum Gasteiger partial charge on any atom is -0.324 e. The van der Waals surface area contributed by atoms with E-state index in [9.17, 15) is 0 Å². The van der Waals surface area contributed by atoms with Crippen molar-refractivity contribution in [1.29, 1.82) is 0 Å². The molecule has 1 fully saturated rings. The van der Waals surface area contributed by atoms with Crippen LogP contribution in [0.5, 0.6) is 0 Å². The SMILES string of the molecule is Cc1ccncc1C(C)(C)C1(N)CC1. The average molecular weight is 190 g/mol. The molecule has 1 aromatic heterocycles. The molecule has 2 N–H and O–H groups in total. The highest BCUT2D eigenvalue weighted by Crippen LogP contribution is 2.49. The van der Waals surface area contributed by atoms with Gasteiger partial charge in [0.2, 0.25) is 0 Å². The predicted molar refractivity (Wildman–Crippen MR) is 58.2 cm³/mol. The highest BCUT2D eigenvalue weighted by atomic mass is 14.9. The van der Waals surface area contributed by atoms with E-state index in [-0.39, 0.29) is 11.0 Å². The quantitative estimate of drug-likeness (QED) is 0.776. The molecule has 0 spiro atoms. The van der Waals surface area contributed by atoms with Gasteiger partial charge in [-0.15, -0.1) is 0 Å². The highest BCUT2D eigenvalue weighted by molar-refractivity contribution is 5.35. The van der Waals surface area contributed by atoms with Crippen LogP contribution in [0.2, 0.25) is 0 Å². The first-order valence-corrected chi connectivity index (χ1v) is 5.17. The third-order valence-corrected chi connectivity index (χ3v) is 3.75. The number of aromatic nitrogens is 1. The topological polar surface area (TPSA) is 38.9 Å². The van der Waals surface area contributed by atoms with Crippen LogP contribution in [0.3, 0.4) is 0 Å².